The van der Waals surface area contributed by atoms with E-state index in [1.54, 1.807) is 0 Å². The van der Waals surface area contributed by atoms with Crippen molar-refractivity contribution in [1.29, 1.82) is 0 Å². The van der Waals surface area contributed by atoms with Crippen molar-refractivity contribution in [1.82, 2.24) is 4.90 Å². The molecule has 0 N–H and O–H groups in total. The molecule has 1 aliphatic heterocycles. The first-order valence-corrected chi connectivity index (χ1v) is 6.36. The molecule has 0 bridgehead atoms. The van der Waals surface area contributed by atoms with Gasteiger partial charge in [-0.3, -0.25) is 0 Å². The molecule has 3 nitrogen and oxygen atoms in total. The van der Waals surface area contributed by atoms with Crippen LogP contribution in [0.4, 0.5) is 0 Å². The van der Waals surface area contributed by atoms with Gasteiger partial charge in [-0.15, -0.1) is 0 Å². The Hall–Kier alpha value is -1.51. The predicted molar refractivity (Wildman–Crippen MR) is 70.0 cm³/mol. The highest BCUT2D eigenvalue weighted by molar-refractivity contribution is 5.75. The van der Waals surface area contributed by atoms with Gasteiger partial charge < -0.3 is 9.64 Å². The number of nitrogens with zero attached hydrogens (tertiary/aromatic N) is 2. The molecule has 17 heavy (non-hydrogen) atoms. The van der Waals surface area contributed by atoms with Crippen LogP contribution in [0, 0.1) is 0 Å². The zero-order chi connectivity index (χ0) is 11.9. The third-order valence-electron chi connectivity index (χ3n) is 2.83. The normalized spacial score (nSPS) is 14.9. The number of hydrogen-bond donors (Lipinski definition) is 0. The molecule has 0 amide bonds. The van der Waals surface area contributed by atoms with E-state index in [0.29, 0.717) is 0 Å². The topological polar surface area (TPSA) is 24.8 Å². The third-order valence-corrected chi connectivity index (χ3v) is 2.83. The lowest BCUT2D eigenvalue weighted by molar-refractivity contribution is 0.237. The number of unbranched alkanes of at least 4 members (excludes halogenated alkanes) is 1. The molecule has 0 radical (unpaired) electrons. The highest BCUT2D eigenvalue weighted by Gasteiger charge is 2.18. The maximum absolute atomic E-state index is 5.70. The van der Waals surface area contributed by atoms with Gasteiger partial charge in [-0.05, 0) is 12.0 Å². The van der Waals surface area contributed by atoms with Crippen LogP contribution >= 0.6 is 0 Å². The van der Waals surface area contributed by atoms with Crippen molar-refractivity contribution < 1.29 is 4.74 Å². The van der Waals surface area contributed by atoms with Crippen molar-refractivity contribution >= 4 is 6.02 Å². The minimum atomic E-state index is 0.778. The van der Waals surface area contributed by atoms with Gasteiger partial charge in [0.05, 0.1) is 13.2 Å². The lowest BCUT2D eigenvalue weighted by Crippen LogP contribution is -2.29. The molecule has 0 saturated heterocycles. The zero-order valence-electron chi connectivity index (χ0n) is 10.4. The smallest absolute Gasteiger partial charge is 0.287 e. The van der Waals surface area contributed by atoms with Crippen molar-refractivity contribution in [3.8, 4) is 0 Å². The second-order valence-electron chi connectivity index (χ2n) is 4.27. The van der Waals surface area contributed by atoms with Gasteiger partial charge in [0.1, 0.15) is 0 Å². The standard InChI is InChI=1S/C14H20N2O/c1-2-3-11-17-14-15-9-10-16(14)12-13-7-5-4-6-8-13/h4-8H,2-3,9-12H2,1H3. The van der Waals surface area contributed by atoms with Gasteiger partial charge in [0.25, 0.3) is 6.02 Å². The Kier molecular flexibility index (Phi) is 4.42. The largest absolute Gasteiger partial charge is 0.465 e. The van der Waals surface area contributed by atoms with Crippen LogP contribution in [0.25, 0.3) is 0 Å². The number of amidine groups is 1. The van der Waals surface area contributed by atoms with Crippen molar-refractivity contribution in [3.63, 3.8) is 0 Å². The van der Waals surface area contributed by atoms with E-state index in [9.17, 15) is 0 Å². The molecule has 1 aromatic rings. The zero-order valence-corrected chi connectivity index (χ0v) is 10.4. The molecule has 0 spiro atoms. The first-order valence-electron chi connectivity index (χ1n) is 6.36. The van der Waals surface area contributed by atoms with Gasteiger partial charge in [0.15, 0.2) is 0 Å². The summed E-state index contributed by atoms with van der Waals surface area (Å²) in [6, 6.07) is 11.3. The van der Waals surface area contributed by atoms with Crippen LogP contribution in [0.2, 0.25) is 0 Å². The minimum absolute atomic E-state index is 0.778. The third kappa shape index (κ3) is 3.48. The molecule has 3 heteroatoms. The Balaban J connectivity index is 1.86. The van der Waals surface area contributed by atoms with Gasteiger partial charge in [-0.2, -0.15) is 0 Å². The summed E-state index contributed by atoms with van der Waals surface area (Å²) in [6.07, 6.45) is 2.25. The van der Waals surface area contributed by atoms with Gasteiger partial charge in [0.2, 0.25) is 0 Å². The second kappa shape index (κ2) is 6.28. The maximum atomic E-state index is 5.70. The molecule has 2 rings (SSSR count). The van der Waals surface area contributed by atoms with E-state index in [4.69, 9.17) is 4.74 Å². The number of aliphatic imine (C=N–C) groups is 1. The van der Waals surface area contributed by atoms with E-state index in [2.05, 4.69) is 41.1 Å². The Morgan fingerprint density at radius 1 is 1.29 bits per heavy atom. The van der Waals surface area contributed by atoms with Crippen LogP contribution in [0.5, 0.6) is 0 Å². The summed E-state index contributed by atoms with van der Waals surface area (Å²) < 4.78 is 5.70. The van der Waals surface area contributed by atoms with E-state index < -0.39 is 0 Å². The Bertz CT molecular complexity index is 362. The molecule has 1 aliphatic rings. The summed E-state index contributed by atoms with van der Waals surface area (Å²) >= 11 is 0. The predicted octanol–water partition coefficient (Wildman–Crippen LogP) is 2.67. The molecule has 0 aliphatic carbocycles. The van der Waals surface area contributed by atoms with E-state index in [1.807, 2.05) is 6.07 Å². The first kappa shape index (κ1) is 12.0. The fraction of sp³-hybridized carbons (Fsp3) is 0.500. The van der Waals surface area contributed by atoms with Gasteiger partial charge >= 0.3 is 0 Å². The molecular weight excluding hydrogens is 212 g/mol. The average molecular weight is 232 g/mol. The highest BCUT2D eigenvalue weighted by atomic mass is 16.5. The maximum Gasteiger partial charge on any atom is 0.287 e. The van der Waals surface area contributed by atoms with Crippen LogP contribution in [0.15, 0.2) is 35.3 Å². The summed E-state index contributed by atoms with van der Waals surface area (Å²) in [5, 5.41) is 0. The van der Waals surface area contributed by atoms with Gasteiger partial charge in [-0.1, -0.05) is 43.7 Å². The number of benzene rings is 1. The quantitative estimate of drug-likeness (QED) is 0.729. The van der Waals surface area contributed by atoms with E-state index in [0.717, 1.165) is 45.1 Å². The SMILES string of the molecule is CCCCOC1=NCCN1Cc1ccccc1. The molecule has 0 aromatic heterocycles. The van der Waals surface area contributed by atoms with Crippen LogP contribution < -0.4 is 0 Å². The fourth-order valence-corrected chi connectivity index (χ4v) is 1.86. The summed E-state index contributed by atoms with van der Waals surface area (Å²) in [4.78, 5) is 6.62. The molecule has 0 fully saturated rings. The highest BCUT2D eigenvalue weighted by Crippen LogP contribution is 2.10. The molecule has 1 heterocycles. The first-order chi connectivity index (χ1) is 8.40. The van der Waals surface area contributed by atoms with Crippen LogP contribution in [-0.4, -0.2) is 30.6 Å². The van der Waals surface area contributed by atoms with Gasteiger partial charge in [0, 0.05) is 13.1 Å². The van der Waals surface area contributed by atoms with Gasteiger partial charge in [-0.25, -0.2) is 4.99 Å². The van der Waals surface area contributed by atoms with E-state index in [-0.39, 0.29) is 0 Å². The minimum Gasteiger partial charge on any atom is -0.465 e. The van der Waals surface area contributed by atoms with E-state index in [1.165, 1.54) is 5.56 Å². The molecular formula is C14H20N2O. The monoisotopic (exact) mass is 232 g/mol. The molecule has 0 saturated carbocycles. The van der Waals surface area contributed by atoms with Crippen LogP contribution in [0.1, 0.15) is 25.3 Å². The van der Waals surface area contributed by atoms with Crippen molar-refractivity contribution in [2.75, 3.05) is 19.7 Å². The summed E-state index contributed by atoms with van der Waals surface area (Å²) in [6.45, 7) is 5.67. The summed E-state index contributed by atoms with van der Waals surface area (Å²) in [7, 11) is 0. The van der Waals surface area contributed by atoms with E-state index >= 15 is 0 Å². The number of hydrogen-bond acceptors (Lipinski definition) is 3. The molecule has 1 aromatic carbocycles. The average Bonchev–Trinajstić information content (AvgIpc) is 2.79. The Morgan fingerprint density at radius 3 is 2.88 bits per heavy atom. The summed E-state index contributed by atoms with van der Waals surface area (Å²) in [5.74, 6) is 0. The lowest BCUT2D eigenvalue weighted by Gasteiger charge is -2.20. The Labute approximate surface area is 103 Å². The second-order valence-corrected chi connectivity index (χ2v) is 4.27. The number of ether oxygens (including phenoxy) is 1. The lowest BCUT2D eigenvalue weighted by atomic mass is 10.2. The molecule has 0 atom stereocenters. The number of rotatable bonds is 5. The van der Waals surface area contributed by atoms with Crippen LogP contribution in [0.3, 0.4) is 0 Å². The fourth-order valence-electron chi connectivity index (χ4n) is 1.86. The molecule has 92 valence electrons. The van der Waals surface area contributed by atoms with Crippen molar-refractivity contribution in [3.05, 3.63) is 35.9 Å². The summed E-state index contributed by atoms with van der Waals surface area (Å²) in [5.41, 5.74) is 1.31. The van der Waals surface area contributed by atoms with Crippen molar-refractivity contribution in [2.24, 2.45) is 4.99 Å². The van der Waals surface area contributed by atoms with Crippen LogP contribution in [-0.2, 0) is 11.3 Å². The Morgan fingerprint density at radius 2 is 2.12 bits per heavy atom. The van der Waals surface area contributed by atoms with Crippen molar-refractivity contribution in [2.45, 2.75) is 26.3 Å². The molecule has 0 unspecified atom stereocenters.